The van der Waals surface area contributed by atoms with E-state index in [1.54, 1.807) is 7.11 Å². The molecule has 0 aromatic carbocycles. The first-order chi connectivity index (χ1) is 9.37. The Morgan fingerprint density at radius 3 is 2.10 bits per heavy atom. The quantitative estimate of drug-likeness (QED) is 0.614. The van der Waals surface area contributed by atoms with Crippen molar-refractivity contribution in [1.29, 1.82) is 0 Å². The molecule has 20 heavy (non-hydrogen) atoms. The van der Waals surface area contributed by atoms with Crippen LogP contribution in [0.1, 0.15) is 59.8 Å². The molecule has 0 spiro atoms. The molecule has 4 nitrogen and oxygen atoms in total. The van der Waals surface area contributed by atoms with Crippen LogP contribution in [-0.2, 0) is 9.53 Å². The largest absolute Gasteiger partial charge is 0.385 e. The van der Waals surface area contributed by atoms with Gasteiger partial charge in [0, 0.05) is 26.8 Å². The number of carbonyl (C=O) groups is 1. The number of carbonyl (C=O) groups excluding carboxylic acids is 1. The van der Waals surface area contributed by atoms with Crippen molar-refractivity contribution < 1.29 is 9.53 Å². The molecule has 120 valence electrons. The van der Waals surface area contributed by atoms with Crippen molar-refractivity contribution in [3.8, 4) is 0 Å². The average molecular weight is 286 g/mol. The predicted molar refractivity (Wildman–Crippen MR) is 84.6 cm³/mol. The second-order valence-corrected chi connectivity index (χ2v) is 6.57. The Kier molecular flexibility index (Phi) is 9.06. The molecule has 0 atom stereocenters. The number of ether oxygens (including phenoxy) is 1. The summed E-state index contributed by atoms with van der Waals surface area (Å²) in [6.07, 6.45) is 4.62. The van der Waals surface area contributed by atoms with Gasteiger partial charge in [-0.2, -0.15) is 0 Å². The Bertz CT molecular complexity index is 272. The van der Waals surface area contributed by atoms with Gasteiger partial charge in [0.25, 0.3) is 0 Å². The Morgan fingerprint density at radius 1 is 1.15 bits per heavy atom. The van der Waals surface area contributed by atoms with E-state index in [1.807, 2.05) is 0 Å². The van der Waals surface area contributed by atoms with Gasteiger partial charge in [-0.05, 0) is 24.7 Å². The minimum Gasteiger partial charge on any atom is -0.385 e. The third kappa shape index (κ3) is 6.23. The van der Waals surface area contributed by atoms with Gasteiger partial charge in [0.05, 0.1) is 5.41 Å². The number of methoxy groups -OCH3 is 1. The number of amides is 1. The first kappa shape index (κ1) is 19.4. The minimum absolute atomic E-state index is 0.0461. The summed E-state index contributed by atoms with van der Waals surface area (Å²) in [5.74, 6) is 0.120. The van der Waals surface area contributed by atoms with Gasteiger partial charge in [-0.3, -0.25) is 4.79 Å². The molecular weight excluding hydrogens is 252 g/mol. The fraction of sp³-hybridized carbons (Fsp3) is 0.938. The van der Waals surface area contributed by atoms with E-state index in [1.165, 1.54) is 0 Å². The second kappa shape index (κ2) is 9.35. The van der Waals surface area contributed by atoms with Gasteiger partial charge >= 0.3 is 0 Å². The zero-order chi connectivity index (χ0) is 15.6. The van der Waals surface area contributed by atoms with Crippen LogP contribution in [0.3, 0.4) is 0 Å². The van der Waals surface area contributed by atoms with Gasteiger partial charge in [-0.15, -0.1) is 0 Å². The third-order valence-corrected chi connectivity index (χ3v) is 4.04. The standard InChI is InChI=1S/C16H34N2O2/c1-6-8-16(12-17,9-7-2)14(19)18-13-15(3,4)10-11-20-5/h6-13,17H2,1-5H3,(H,18,19). The van der Waals surface area contributed by atoms with Gasteiger partial charge in [-0.1, -0.05) is 40.5 Å². The SMILES string of the molecule is CCCC(CN)(CCC)C(=O)NCC(C)(C)CCOC. The highest BCUT2D eigenvalue weighted by atomic mass is 16.5. The molecule has 1 amide bonds. The van der Waals surface area contributed by atoms with Crippen LogP contribution in [0, 0.1) is 10.8 Å². The van der Waals surface area contributed by atoms with E-state index in [4.69, 9.17) is 10.5 Å². The maximum absolute atomic E-state index is 12.6. The highest BCUT2D eigenvalue weighted by Crippen LogP contribution is 2.29. The summed E-state index contributed by atoms with van der Waals surface area (Å²) in [5.41, 5.74) is 5.58. The van der Waals surface area contributed by atoms with E-state index in [0.29, 0.717) is 13.1 Å². The van der Waals surface area contributed by atoms with Crippen molar-refractivity contribution in [1.82, 2.24) is 5.32 Å². The molecule has 4 heteroatoms. The zero-order valence-corrected chi connectivity index (χ0v) is 14.1. The smallest absolute Gasteiger partial charge is 0.227 e. The molecule has 0 heterocycles. The lowest BCUT2D eigenvalue weighted by molar-refractivity contribution is -0.132. The first-order valence-corrected chi connectivity index (χ1v) is 7.84. The second-order valence-electron chi connectivity index (χ2n) is 6.57. The van der Waals surface area contributed by atoms with Crippen LogP contribution in [0.15, 0.2) is 0 Å². The third-order valence-electron chi connectivity index (χ3n) is 4.04. The lowest BCUT2D eigenvalue weighted by atomic mass is 9.78. The van der Waals surface area contributed by atoms with Crippen LogP contribution in [0.2, 0.25) is 0 Å². The van der Waals surface area contributed by atoms with Crippen molar-refractivity contribution in [2.45, 2.75) is 59.8 Å². The van der Waals surface area contributed by atoms with Crippen LogP contribution in [0.4, 0.5) is 0 Å². The van der Waals surface area contributed by atoms with Crippen molar-refractivity contribution in [2.75, 3.05) is 26.8 Å². The van der Waals surface area contributed by atoms with Gasteiger partial charge in [0.2, 0.25) is 5.91 Å². The molecule has 0 saturated carbocycles. The molecule has 0 rings (SSSR count). The highest BCUT2D eigenvalue weighted by Gasteiger charge is 2.35. The molecule has 0 aromatic rings. The van der Waals surface area contributed by atoms with Crippen LogP contribution in [0.25, 0.3) is 0 Å². The molecule has 0 unspecified atom stereocenters. The van der Waals surface area contributed by atoms with Crippen LogP contribution in [0.5, 0.6) is 0 Å². The molecule has 0 fully saturated rings. The van der Waals surface area contributed by atoms with Gasteiger partial charge in [-0.25, -0.2) is 0 Å². The average Bonchev–Trinajstić information content (AvgIpc) is 2.42. The van der Waals surface area contributed by atoms with E-state index >= 15 is 0 Å². The van der Waals surface area contributed by atoms with Crippen LogP contribution < -0.4 is 11.1 Å². The van der Waals surface area contributed by atoms with E-state index in [9.17, 15) is 4.79 Å². The molecular formula is C16H34N2O2. The van der Waals surface area contributed by atoms with Crippen LogP contribution in [-0.4, -0.2) is 32.7 Å². The normalized spacial score (nSPS) is 12.5. The summed E-state index contributed by atoms with van der Waals surface area (Å²) in [6, 6.07) is 0. The van der Waals surface area contributed by atoms with E-state index < -0.39 is 0 Å². The van der Waals surface area contributed by atoms with Crippen molar-refractivity contribution in [3.05, 3.63) is 0 Å². The summed E-state index contributed by atoms with van der Waals surface area (Å²) in [7, 11) is 1.70. The predicted octanol–water partition coefficient (Wildman–Crippen LogP) is 2.71. The molecule has 0 aliphatic heterocycles. The summed E-state index contributed by atoms with van der Waals surface area (Å²) in [6.45, 7) is 10.3. The molecule has 0 radical (unpaired) electrons. The number of hydrogen-bond donors (Lipinski definition) is 2. The van der Waals surface area contributed by atoms with Gasteiger partial charge in [0.15, 0.2) is 0 Å². The Morgan fingerprint density at radius 2 is 1.70 bits per heavy atom. The summed E-state index contributed by atoms with van der Waals surface area (Å²) >= 11 is 0. The molecule has 0 saturated heterocycles. The molecule has 3 N–H and O–H groups in total. The summed E-state index contributed by atoms with van der Waals surface area (Å²) < 4.78 is 5.12. The fourth-order valence-corrected chi connectivity index (χ4v) is 2.58. The summed E-state index contributed by atoms with van der Waals surface area (Å²) in [4.78, 5) is 12.6. The lowest BCUT2D eigenvalue weighted by Crippen LogP contribution is -2.48. The topological polar surface area (TPSA) is 64.4 Å². The Balaban J connectivity index is 4.60. The molecule has 0 aliphatic carbocycles. The molecule has 0 aromatic heterocycles. The maximum atomic E-state index is 12.6. The van der Waals surface area contributed by atoms with E-state index in [0.717, 1.165) is 38.7 Å². The van der Waals surface area contributed by atoms with Crippen LogP contribution >= 0.6 is 0 Å². The number of nitrogens with two attached hydrogens (primary N) is 1. The number of nitrogens with one attached hydrogen (secondary N) is 1. The summed E-state index contributed by atoms with van der Waals surface area (Å²) in [5, 5.41) is 3.12. The zero-order valence-electron chi connectivity index (χ0n) is 14.1. The molecule has 0 bridgehead atoms. The Labute approximate surface area is 124 Å². The van der Waals surface area contributed by atoms with Crippen molar-refractivity contribution >= 4 is 5.91 Å². The van der Waals surface area contributed by atoms with Crippen molar-refractivity contribution in [2.24, 2.45) is 16.6 Å². The number of hydrogen-bond acceptors (Lipinski definition) is 3. The minimum atomic E-state index is -0.388. The lowest BCUT2D eigenvalue weighted by Gasteiger charge is -2.33. The highest BCUT2D eigenvalue weighted by molar-refractivity contribution is 5.82. The monoisotopic (exact) mass is 286 g/mol. The Hall–Kier alpha value is -0.610. The number of rotatable bonds is 11. The van der Waals surface area contributed by atoms with Gasteiger partial charge in [0.1, 0.15) is 0 Å². The first-order valence-electron chi connectivity index (χ1n) is 7.84. The van der Waals surface area contributed by atoms with Gasteiger partial charge < -0.3 is 15.8 Å². The fourth-order valence-electron chi connectivity index (χ4n) is 2.58. The van der Waals surface area contributed by atoms with Crippen molar-refractivity contribution in [3.63, 3.8) is 0 Å². The molecule has 0 aliphatic rings. The van der Waals surface area contributed by atoms with E-state index in [2.05, 4.69) is 33.0 Å². The maximum Gasteiger partial charge on any atom is 0.227 e. The van der Waals surface area contributed by atoms with E-state index in [-0.39, 0.29) is 16.7 Å².